The van der Waals surface area contributed by atoms with Gasteiger partial charge in [-0.1, -0.05) is 35.3 Å². The van der Waals surface area contributed by atoms with Crippen molar-refractivity contribution in [3.05, 3.63) is 58.6 Å². The zero-order valence-electron chi connectivity index (χ0n) is 17.4. The second-order valence-electron chi connectivity index (χ2n) is 7.97. The van der Waals surface area contributed by atoms with Crippen LogP contribution in [0.5, 0.6) is 0 Å². The molecule has 0 N–H and O–H groups in total. The maximum absolute atomic E-state index is 6.14. The molecule has 0 spiro atoms. The number of rotatable bonds is 6. The van der Waals surface area contributed by atoms with E-state index in [4.69, 9.17) is 23.2 Å². The zero-order valence-corrected chi connectivity index (χ0v) is 19.7. The van der Waals surface area contributed by atoms with Crippen LogP contribution in [-0.2, 0) is 0 Å². The number of hydrogen-bond donors (Lipinski definition) is 0. The predicted octanol–water partition coefficient (Wildman–Crippen LogP) is 4.75. The normalized spacial score (nSPS) is 18.3. The van der Waals surface area contributed by atoms with Gasteiger partial charge in [-0.2, -0.15) is 0 Å². The van der Waals surface area contributed by atoms with Gasteiger partial charge in [-0.25, -0.2) is 0 Å². The van der Waals surface area contributed by atoms with Gasteiger partial charge >= 0.3 is 0 Å². The molecule has 30 heavy (non-hydrogen) atoms. The van der Waals surface area contributed by atoms with Gasteiger partial charge in [0.15, 0.2) is 0 Å². The molecule has 7 heteroatoms. The zero-order chi connectivity index (χ0) is 20.1. The maximum atomic E-state index is 6.14. The Morgan fingerprint density at radius 3 is 1.37 bits per heavy atom. The van der Waals surface area contributed by atoms with Gasteiger partial charge in [0.1, 0.15) is 0 Å². The third-order valence-corrected chi connectivity index (χ3v) is 6.51. The lowest BCUT2D eigenvalue weighted by Crippen LogP contribution is -2.48. The van der Waals surface area contributed by atoms with Crippen molar-refractivity contribution in [2.45, 2.75) is 6.42 Å². The Hall–Kier alpha value is -1.17. The summed E-state index contributed by atoms with van der Waals surface area (Å²) >= 11 is 12.3. The quantitative estimate of drug-likeness (QED) is 0.605. The van der Waals surface area contributed by atoms with Crippen LogP contribution < -0.4 is 9.80 Å². The van der Waals surface area contributed by atoms with E-state index in [-0.39, 0.29) is 12.4 Å². The van der Waals surface area contributed by atoms with Crippen LogP contribution in [-0.4, -0.2) is 75.2 Å². The summed E-state index contributed by atoms with van der Waals surface area (Å²) in [4.78, 5) is 10.1. The number of piperazine rings is 2. The highest BCUT2D eigenvalue weighted by atomic mass is 35.5. The van der Waals surface area contributed by atoms with Crippen LogP contribution in [0.1, 0.15) is 6.42 Å². The summed E-state index contributed by atoms with van der Waals surface area (Å²) < 4.78 is 0. The van der Waals surface area contributed by atoms with Crippen molar-refractivity contribution in [2.24, 2.45) is 0 Å². The number of halogens is 3. The summed E-state index contributed by atoms with van der Waals surface area (Å²) in [6, 6.07) is 16.4. The molecule has 0 bridgehead atoms. The van der Waals surface area contributed by atoms with E-state index in [1.54, 1.807) is 0 Å². The first-order chi connectivity index (χ1) is 14.2. The topological polar surface area (TPSA) is 13.0 Å². The Kier molecular flexibility index (Phi) is 8.97. The Bertz CT molecular complexity index is 722. The predicted molar refractivity (Wildman–Crippen MR) is 132 cm³/mol. The Morgan fingerprint density at radius 1 is 0.600 bits per heavy atom. The van der Waals surface area contributed by atoms with E-state index in [2.05, 4.69) is 43.9 Å². The van der Waals surface area contributed by atoms with Gasteiger partial charge in [-0.05, 0) is 55.9 Å². The lowest BCUT2D eigenvalue weighted by Gasteiger charge is -2.38. The third-order valence-electron chi connectivity index (χ3n) is 6.04. The molecule has 0 aromatic heterocycles. The molecule has 2 aromatic carbocycles. The van der Waals surface area contributed by atoms with E-state index < -0.39 is 0 Å². The first-order valence-corrected chi connectivity index (χ1v) is 11.4. The number of benzene rings is 2. The second kappa shape index (κ2) is 11.4. The first-order valence-electron chi connectivity index (χ1n) is 10.6. The van der Waals surface area contributed by atoms with Crippen molar-refractivity contribution in [3.8, 4) is 0 Å². The highest BCUT2D eigenvalue weighted by Gasteiger charge is 2.19. The number of hydrogen-bond acceptors (Lipinski definition) is 4. The van der Waals surface area contributed by atoms with Crippen LogP contribution >= 0.6 is 35.6 Å². The molecule has 0 atom stereocenters. The average Bonchev–Trinajstić information content (AvgIpc) is 2.75. The molecule has 0 saturated carbocycles. The number of anilines is 2. The molecule has 2 aliphatic rings. The molecule has 0 aliphatic carbocycles. The lowest BCUT2D eigenvalue weighted by molar-refractivity contribution is 0.213. The van der Waals surface area contributed by atoms with Crippen LogP contribution in [0.3, 0.4) is 0 Å². The van der Waals surface area contributed by atoms with Gasteiger partial charge in [-0.15, -0.1) is 12.4 Å². The summed E-state index contributed by atoms with van der Waals surface area (Å²) in [5, 5.41) is 1.64. The molecule has 2 saturated heterocycles. The molecule has 4 rings (SSSR count). The van der Waals surface area contributed by atoms with Crippen molar-refractivity contribution in [3.63, 3.8) is 0 Å². The summed E-state index contributed by atoms with van der Waals surface area (Å²) in [6.45, 7) is 11.2. The largest absolute Gasteiger partial charge is 0.369 e. The molecule has 2 aromatic rings. The summed E-state index contributed by atoms with van der Waals surface area (Å²) in [6.07, 6.45) is 1.24. The molecule has 0 unspecified atom stereocenters. The van der Waals surface area contributed by atoms with Crippen molar-refractivity contribution in [2.75, 3.05) is 75.2 Å². The van der Waals surface area contributed by atoms with Crippen molar-refractivity contribution in [1.82, 2.24) is 9.80 Å². The van der Waals surface area contributed by atoms with Gasteiger partial charge in [-0.3, -0.25) is 9.80 Å². The molecule has 2 fully saturated rings. The van der Waals surface area contributed by atoms with E-state index in [0.717, 1.165) is 62.4 Å². The molecule has 4 nitrogen and oxygen atoms in total. The Morgan fingerprint density at radius 2 is 1.00 bits per heavy atom. The van der Waals surface area contributed by atoms with Gasteiger partial charge in [0, 0.05) is 73.8 Å². The first kappa shape index (κ1) is 23.5. The molecule has 164 valence electrons. The minimum Gasteiger partial charge on any atom is -0.369 e. The molecular weight excluding hydrogens is 439 g/mol. The van der Waals surface area contributed by atoms with Gasteiger partial charge in [0.05, 0.1) is 0 Å². The minimum atomic E-state index is 0. The van der Waals surface area contributed by atoms with E-state index in [1.807, 2.05) is 24.3 Å². The highest BCUT2D eigenvalue weighted by molar-refractivity contribution is 6.31. The fraction of sp³-hybridized carbons (Fsp3) is 0.478. The molecular formula is C23H31Cl3N4. The molecule has 2 heterocycles. The average molecular weight is 470 g/mol. The molecule has 2 aliphatic heterocycles. The van der Waals surface area contributed by atoms with Crippen molar-refractivity contribution in [1.29, 1.82) is 0 Å². The van der Waals surface area contributed by atoms with Gasteiger partial charge < -0.3 is 9.80 Å². The van der Waals surface area contributed by atoms with Gasteiger partial charge in [0.2, 0.25) is 0 Å². The Balaban J connectivity index is 0.00000256. The fourth-order valence-corrected chi connectivity index (χ4v) is 4.69. The minimum absolute atomic E-state index is 0. The van der Waals surface area contributed by atoms with E-state index in [0.29, 0.717) is 0 Å². The standard InChI is InChI=1S/C23H30Cl2N4.ClH/c24-20-4-1-6-22(18-20)28-14-10-26(11-15-28)8-3-9-27-12-16-29(17-13-27)23-7-2-5-21(25)19-23;/h1-2,4-7,18-19H,3,8-17H2;1H. The highest BCUT2D eigenvalue weighted by Crippen LogP contribution is 2.22. The lowest BCUT2D eigenvalue weighted by atomic mass is 10.2. The van der Waals surface area contributed by atoms with E-state index in [9.17, 15) is 0 Å². The van der Waals surface area contributed by atoms with Crippen molar-refractivity contribution < 1.29 is 0 Å². The van der Waals surface area contributed by atoms with Crippen LogP contribution in [0.15, 0.2) is 48.5 Å². The maximum Gasteiger partial charge on any atom is 0.0426 e. The summed E-state index contributed by atoms with van der Waals surface area (Å²) in [5.41, 5.74) is 2.49. The Labute approximate surface area is 196 Å². The fourth-order valence-electron chi connectivity index (χ4n) is 4.32. The van der Waals surface area contributed by atoms with Crippen molar-refractivity contribution >= 4 is 47.0 Å². The molecule has 0 amide bonds. The van der Waals surface area contributed by atoms with E-state index >= 15 is 0 Å². The summed E-state index contributed by atoms with van der Waals surface area (Å²) in [7, 11) is 0. The van der Waals surface area contributed by atoms with Crippen LogP contribution in [0.25, 0.3) is 0 Å². The van der Waals surface area contributed by atoms with Crippen LogP contribution in [0, 0.1) is 0 Å². The smallest absolute Gasteiger partial charge is 0.0426 e. The monoisotopic (exact) mass is 468 g/mol. The number of nitrogens with zero attached hydrogens (tertiary/aromatic N) is 4. The SMILES string of the molecule is Cl.Clc1cccc(N2CCN(CCCN3CCN(c4cccc(Cl)c4)CC3)CC2)c1. The van der Waals surface area contributed by atoms with Crippen LogP contribution in [0.4, 0.5) is 11.4 Å². The van der Waals surface area contributed by atoms with E-state index in [1.165, 1.54) is 30.9 Å². The summed E-state index contributed by atoms with van der Waals surface area (Å²) in [5.74, 6) is 0. The second-order valence-corrected chi connectivity index (χ2v) is 8.84. The third kappa shape index (κ3) is 6.41. The van der Waals surface area contributed by atoms with Crippen LogP contribution in [0.2, 0.25) is 10.0 Å². The molecule has 0 radical (unpaired) electrons. The van der Waals surface area contributed by atoms with Gasteiger partial charge in [0.25, 0.3) is 0 Å².